The number of halogens is 1. The quantitative estimate of drug-likeness (QED) is 0.766. The van der Waals surface area contributed by atoms with Gasteiger partial charge in [-0.3, -0.25) is 0 Å². The number of aryl methyl sites for hydroxylation is 1. The third-order valence-electron chi connectivity index (χ3n) is 3.39. The highest BCUT2D eigenvalue weighted by Crippen LogP contribution is 2.34. The van der Waals surface area contributed by atoms with E-state index in [0.717, 1.165) is 17.4 Å². The van der Waals surface area contributed by atoms with Gasteiger partial charge in [-0.25, -0.2) is 4.79 Å². The van der Waals surface area contributed by atoms with E-state index in [0.29, 0.717) is 29.7 Å². The van der Waals surface area contributed by atoms with Crippen LogP contribution in [0.1, 0.15) is 17.4 Å². The van der Waals surface area contributed by atoms with Crippen LogP contribution in [0.4, 0.5) is 0 Å². The molecule has 0 fully saturated rings. The topological polar surface area (TPSA) is 43.7 Å². The van der Waals surface area contributed by atoms with E-state index in [4.69, 9.17) is 21.1 Å². The fraction of sp³-hybridized carbons (Fsp3) is 0.438. The van der Waals surface area contributed by atoms with E-state index in [1.54, 1.807) is 23.6 Å². The number of hydrogen-bond acceptors (Lipinski definition) is 4. The van der Waals surface area contributed by atoms with Crippen LogP contribution in [0.15, 0.2) is 18.2 Å². The molecule has 0 aliphatic carbocycles. The van der Waals surface area contributed by atoms with Gasteiger partial charge in [0.05, 0.1) is 17.1 Å². The Morgan fingerprint density at radius 1 is 1.36 bits per heavy atom. The SMILES string of the molecule is CCOC(=O)c1cc2c(Cl)ccc(OCCN(C)C)c2n1C. The average Bonchev–Trinajstić information content (AvgIpc) is 2.80. The molecule has 0 aliphatic heterocycles. The number of rotatable bonds is 6. The standard InChI is InChI=1S/C16H21ClN2O3/c1-5-21-16(20)13-10-11-12(17)6-7-14(15(11)19(13)4)22-9-8-18(2)3/h6-7,10H,5,8-9H2,1-4H3. The number of ether oxygens (including phenoxy) is 2. The third kappa shape index (κ3) is 3.36. The van der Waals surface area contributed by atoms with Crippen molar-refractivity contribution in [2.24, 2.45) is 7.05 Å². The number of likely N-dealkylation sites (N-methyl/N-ethyl adjacent to an activating group) is 1. The van der Waals surface area contributed by atoms with Crippen molar-refractivity contribution in [1.82, 2.24) is 9.47 Å². The Bertz CT molecular complexity index is 680. The minimum Gasteiger partial charge on any atom is -0.490 e. The van der Waals surface area contributed by atoms with Crippen molar-refractivity contribution < 1.29 is 14.3 Å². The predicted molar refractivity (Wildman–Crippen MR) is 87.9 cm³/mol. The Balaban J connectivity index is 2.42. The molecule has 0 saturated carbocycles. The lowest BCUT2D eigenvalue weighted by molar-refractivity contribution is 0.0516. The van der Waals surface area contributed by atoms with Crippen molar-refractivity contribution in [1.29, 1.82) is 0 Å². The Kier molecular flexibility index (Phi) is 5.32. The maximum atomic E-state index is 12.0. The van der Waals surface area contributed by atoms with Crippen LogP contribution in [0.2, 0.25) is 5.02 Å². The molecule has 0 radical (unpaired) electrons. The molecule has 1 heterocycles. The lowest BCUT2D eigenvalue weighted by Crippen LogP contribution is -2.19. The molecule has 2 rings (SSSR count). The summed E-state index contributed by atoms with van der Waals surface area (Å²) in [6, 6.07) is 5.35. The van der Waals surface area contributed by atoms with E-state index in [1.807, 2.05) is 32.1 Å². The van der Waals surface area contributed by atoms with E-state index in [-0.39, 0.29) is 5.97 Å². The van der Waals surface area contributed by atoms with Crippen LogP contribution in [-0.2, 0) is 11.8 Å². The second-order valence-corrected chi connectivity index (χ2v) is 5.68. The minimum atomic E-state index is -0.364. The molecule has 1 aromatic heterocycles. The zero-order valence-corrected chi connectivity index (χ0v) is 14.1. The number of aromatic nitrogens is 1. The summed E-state index contributed by atoms with van der Waals surface area (Å²) in [5, 5.41) is 1.37. The first-order valence-corrected chi connectivity index (χ1v) is 7.56. The molecule has 5 nitrogen and oxygen atoms in total. The predicted octanol–water partition coefficient (Wildman–Crippen LogP) is 2.95. The van der Waals surface area contributed by atoms with Crippen molar-refractivity contribution in [3.63, 3.8) is 0 Å². The summed E-state index contributed by atoms with van der Waals surface area (Å²) in [5.41, 5.74) is 1.26. The Hall–Kier alpha value is -1.72. The minimum absolute atomic E-state index is 0.334. The summed E-state index contributed by atoms with van der Waals surface area (Å²) in [5.74, 6) is 0.343. The van der Waals surface area contributed by atoms with Crippen molar-refractivity contribution in [3.05, 3.63) is 28.9 Å². The molecule has 0 aliphatic rings. The van der Waals surface area contributed by atoms with Gasteiger partial charge in [-0.1, -0.05) is 11.6 Å². The molecule has 0 unspecified atom stereocenters. The second-order valence-electron chi connectivity index (χ2n) is 5.27. The number of esters is 1. The molecule has 0 N–H and O–H groups in total. The van der Waals surface area contributed by atoms with E-state index in [9.17, 15) is 4.79 Å². The maximum Gasteiger partial charge on any atom is 0.354 e. The first-order chi connectivity index (χ1) is 10.5. The molecular formula is C16H21ClN2O3. The van der Waals surface area contributed by atoms with Crippen LogP contribution in [0.25, 0.3) is 10.9 Å². The smallest absolute Gasteiger partial charge is 0.354 e. The fourth-order valence-electron chi connectivity index (χ4n) is 2.26. The van der Waals surface area contributed by atoms with Crippen LogP contribution >= 0.6 is 11.6 Å². The number of benzene rings is 1. The van der Waals surface area contributed by atoms with Gasteiger partial charge in [-0.15, -0.1) is 0 Å². The van der Waals surface area contributed by atoms with Crippen LogP contribution in [0.3, 0.4) is 0 Å². The summed E-state index contributed by atoms with van der Waals surface area (Å²) in [7, 11) is 5.79. The van der Waals surface area contributed by atoms with E-state index in [1.165, 1.54) is 0 Å². The van der Waals surface area contributed by atoms with Gasteiger partial charge in [-0.05, 0) is 39.2 Å². The number of fused-ring (bicyclic) bond motifs is 1. The molecule has 0 bridgehead atoms. The molecule has 0 saturated heterocycles. The molecule has 6 heteroatoms. The van der Waals surface area contributed by atoms with Crippen LogP contribution < -0.4 is 4.74 Å². The van der Waals surface area contributed by atoms with Crippen LogP contribution in [0, 0.1) is 0 Å². The fourth-order valence-corrected chi connectivity index (χ4v) is 2.46. The third-order valence-corrected chi connectivity index (χ3v) is 3.71. The number of nitrogens with zero attached hydrogens (tertiary/aromatic N) is 2. The van der Waals surface area contributed by atoms with Gasteiger partial charge in [-0.2, -0.15) is 0 Å². The van der Waals surface area contributed by atoms with E-state index >= 15 is 0 Å². The number of hydrogen-bond donors (Lipinski definition) is 0. The highest BCUT2D eigenvalue weighted by molar-refractivity contribution is 6.35. The Morgan fingerprint density at radius 2 is 2.09 bits per heavy atom. The molecule has 22 heavy (non-hydrogen) atoms. The number of carbonyl (C=O) groups excluding carboxylic acids is 1. The number of carbonyl (C=O) groups is 1. The summed E-state index contributed by atoms with van der Waals surface area (Å²) < 4.78 is 12.7. The lowest BCUT2D eigenvalue weighted by Gasteiger charge is -2.13. The summed E-state index contributed by atoms with van der Waals surface area (Å²) in [6.45, 7) is 3.48. The molecule has 2 aromatic rings. The Morgan fingerprint density at radius 3 is 2.73 bits per heavy atom. The highest BCUT2D eigenvalue weighted by Gasteiger charge is 2.19. The molecule has 1 aromatic carbocycles. The molecule has 0 spiro atoms. The van der Waals surface area contributed by atoms with Gasteiger partial charge in [0, 0.05) is 19.0 Å². The highest BCUT2D eigenvalue weighted by atomic mass is 35.5. The molecule has 120 valence electrons. The second kappa shape index (κ2) is 7.03. The van der Waals surface area contributed by atoms with Crippen molar-refractivity contribution >= 4 is 28.5 Å². The van der Waals surface area contributed by atoms with Crippen LogP contribution in [0.5, 0.6) is 5.75 Å². The monoisotopic (exact) mass is 324 g/mol. The van der Waals surface area contributed by atoms with Gasteiger partial charge < -0.3 is 18.9 Å². The molecule has 0 atom stereocenters. The summed E-state index contributed by atoms with van der Waals surface area (Å²) in [6.07, 6.45) is 0. The van der Waals surface area contributed by atoms with Crippen molar-refractivity contribution in [2.45, 2.75) is 6.92 Å². The molecule has 0 amide bonds. The van der Waals surface area contributed by atoms with E-state index < -0.39 is 0 Å². The van der Waals surface area contributed by atoms with E-state index in [2.05, 4.69) is 0 Å². The average molecular weight is 325 g/mol. The van der Waals surface area contributed by atoms with Crippen molar-refractivity contribution in [3.8, 4) is 5.75 Å². The summed E-state index contributed by atoms with van der Waals surface area (Å²) in [4.78, 5) is 14.1. The lowest BCUT2D eigenvalue weighted by atomic mass is 10.2. The maximum absolute atomic E-state index is 12.0. The first kappa shape index (κ1) is 16.6. The normalized spacial score (nSPS) is 11.2. The van der Waals surface area contributed by atoms with Crippen molar-refractivity contribution in [2.75, 3.05) is 33.9 Å². The zero-order valence-electron chi connectivity index (χ0n) is 13.4. The zero-order chi connectivity index (χ0) is 16.3. The Labute approximate surface area is 135 Å². The van der Waals surface area contributed by atoms with Crippen LogP contribution in [-0.4, -0.2) is 49.3 Å². The van der Waals surface area contributed by atoms with Gasteiger partial charge in [0.2, 0.25) is 0 Å². The summed E-state index contributed by atoms with van der Waals surface area (Å²) >= 11 is 6.25. The van der Waals surface area contributed by atoms with Gasteiger partial charge in [0.1, 0.15) is 18.1 Å². The first-order valence-electron chi connectivity index (χ1n) is 7.18. The van der Waals surface area contributed by atoms with Gasteiger partial charge in [0.15, 0.2) is 0 Å². The largest absolute Gasteiger partial charge is 0.490 e. The van der Waals surface area contributed by atoms with Gasteiger partial charge >= 0.3 is 5.97 Å². The molecular weight excluding hydrogens is 304 g/mol. The van der Waals surface area contributed by atoms with Gasteiger partial charge in [0.25, 0.3) is 0 Å².